The molecule has 2 N–H and O–H groups in total. The first kappa shape index (κ1) is 13.1. The Morgan fingerprint density at radius 3 is 2.28 bits per heavy atom. The fourth-order valence-electron chi connectivity index (χ4n) is 2.99. The Kier molecular flexibility index (Phi) is 3.47. The molecule has 2 aliphatic rings. The van der Waals surface area contributed by atoms with Crippen LogP contribution in [-0.2, 0) is 4.79 Å². The van der Waals surface area contributed by atoms with Gasteiger partial charge in [0, 0.05) is 25.6 Å². The lowest BCUT2D eigenvalue weighted by Gasteiger charge is -2.30. The zero-order chi connectivity index (χ0) is 13.4. The number of carbonyl (C=O) groups is 2. The molecule has 2 heterocycles. The Morgan fingerprint density at radius 1 is 1.11 bits per heavy atom. The Labute approximate surface area is 106 Å². The summed E-state index contributed by atoms with van der Waals surface area (Å²) in [4.78, 5) is 26.5. The average molecular weight is 256 g/mol. The maximum Gasteiger partial charge on any atom is 0.326 e. The van der Waals surface area contributed by atoms with E-state index in [1.54, 1.807) is 4.90 Å². The summed E-state index contributed by atoms with van der Waals surface area (Å²) in [5.41, 5.74) is 0. The molecular formula is C12H20N2O4. The van der Waals surface area contributed by atoms with Crippen molar-refractivity contribution in [2.75, 3.05) is 13.1 Å². The van der Waals surface area contributed by atoms with Gasteiger partial charge in [0.2, 0.25) is 0 Å². The van der Waals surface area contributed by atoms with Gasteiger partial charge in [-0.2, -0.15) is 0 Å². The molecule has 2 aliphatic heterocycles. The first-order valence-corrected chi connectivity index (χ1v) is 6.38. The van der Waals surface area contributed by atoms with Crippen molar-refractivity contribution < 1.29 is 19.8 Å². The summed E-state index contributed by atoms with van der Waals surface area (Å²) in [6, 6.07) is -1.01. The lowest BCUT2D eigenvalue weighted by atomic mass is 10.1. The third kappa shape index (κ3) is 2.29. The van der Waals surface area contributed by atoms with Crippen LogP contribution >= 0.6 is 0 Å². The van der Waals surface area contributed by atoms with E-state index < -0.39 is 18.1 Å². The second-order valence-electron chi connectivity index (χ2n) is 5.52. The number of likely N-dealkylation sites (tertiary alicyclic amines) is 2. The van der Waals surface area contributed by atoms with Crippen LogP contribution in [0.25, 0.3) is 0 Å². The molecule has 2 fully saturated rings. The van der Waals surface area contributed by atoms with Crippen molar-refractivity contribution in [1.82, 2.24) is 9.80 Å². The molecule has 2 unspecified atom stereocenters. The van der Waals surface area contributed by atoms with Crippen LogP contribution in [0.5, 0.6) is 0 Å². The zero-order valence-electron chi connectivity index (χ0n) is 10.7. The average Bonchev–Trinajstić information content (AvgIpc) is 2.81. The van der Waals surface area contributed by atoms with Gasteiger partial charge in [-0.3, -0.25) is 0 Å². The lowest BCUT2D eigenvalue weighted by Crippen LogP contribution is -2.49. The molecule has 0 aromatic carbocycles. The minimum atomic E-state index is -1.04. The van der Waals surface area contributed by atoms with Gasteiger partial charge in [-0.25, -0.2) is 9.59 Å². The van der Waals surface area contributed by atoms with Crippen LogP contribution in [-0.4, -0.2) is 63.3 Å². The minimum Gasteiger partial charge on any atom is -0.480 e. The molecule has 0 radical (unpaired) electrons. The maximum absolute atomic E-state index is 12.3. The number of rotatable bonds is 1. The molecular weight excluding hydrogens is 236 g/mol. The predicted molar refractivity (Wildman–Crippen MR) is 64.1 cm³/mol. The monoisotopic (exact) mass is 256 g/mol. The van der Waals surface area contributed by atoms with Gasteiger partial charge in [0.15, 0.2) is 0 Å². The van der Waals surface area contributed by atoms with E-state index in [0.29, 0.717) is 12.5 Å². The van der Waals surface area contributed by atoms with Crippen LogP contribution in [0.15, 0.2) is 0 Å². The van der Waals surface area contributed by atoms with Crippen LogP contribution in [0.4, 0.5) is 4.79 Å². The van der Waals surface area contributed by atoms with Gasteiger partial charge in [0.25, 0.3) is 0 Å². The molecule has 0 aliphatic carbocycles. The molecule has 0 saturated carbocycles. The summed E-state index contributed by atoms with van der Waals surface area (Å²) in [5, 5.41) is 18.6. The third-order valence-corrected chi connectivity index (χ3v) is 3.84. The second-order valence-corrected chi connectivity index (χ2v) is 5.52. The van der Waals surface area contributed by atoms with Crippen LogP contribution in [0.3, 0.4) is 0 Å². The van der Waals surface area contributed by atoms with Crippen LogP contribution in [0.2, 0.25) is 0 Å². The standard InChI is InChI=1S/C12H20N2O4/c1-7-3-8(2)13(5-7)12(18)14-6-9(15)4-10(14)11(16)17/h7-10,15H,3-6H2,1-2H3,(H,16,17)/t7?,8?,9-,10+/m1/s1. The Hall–Kier alpha value is -1.30. The van der Waals surface area contributed by atoms with Crippen molar-refractivity contribution >= 4 is 12.0 Å². The van der Waals surface area contributed by atoms with Gasteiger partial charge < -0.3 is 20.0 Å². The largest absolute Gasteiger partial charge is 0.480 e. The highest BCUT2D eigenvalue weighted by atomic mass is 16.4. The normalized spacial score (nSPS) is 36.2. The van der Waals surface area contributed by atoms with E-state index in [-0.39, 0.29) is 25.0 Å². The Balaban J connectivity index is 2.10. The molecule has 2 saturated heterocycles. The van der Waals surface area contributed by atoms with E-state index >= 15 is 0 Å². The highest BCUT2D eigenvalue weighted by Crippen LogP contribution is 2.27. The number of nitrogens with zero attached hydrogens (tertiary/aromatic N) is 2. The number of amides is 2. The summed E-state index contributed by atoms with van der Waals surface area (Å²) >= 11 is 0. The number of β-amino-alcohol motifs (C(OH)–C–C–N with tert-alkyl or cyclic N) is 1. The molecule has 0 aromatic rings. The van der Waals surface area contributed by atoms with Gasteiger partial charge in [-0.05, 0) is 19.3 Å². The topological polar surface area (TPSA) is 81.1 Å². The van der Waals surface area contributed by atoms with E-state index in [2.05, 4.69) is 6.92 Å². The molecule has 102 valence electrons. The van der Waals surface area contributed by atoms with Crippen molar-refractivity contribution in [3.63, 3.8) is 0 Å². The van der Waals surface area contributed by atoms with Crippen LogP contribution < -0.4 is 0 Å². The molecule has 0 aromatic heterocycles. The smallest absolute Gasteiger partial charge is 0.326 e. The molecule has 2 amide bonds. The van der Waals surface area contributed by atoms with Gasteiger partial charge >= 0.3 is 12.0 Å². The lowest BCUT2D eigenvalue weighted by molar-refractivity contribution is -0.141. The van der Waals surface area contributed by atoms with Crippen molar-refractivity contribution in [1.29, 1.82) is 0 Å². The van der Waals surface area contributed by atoms with Crippen LogP contribution in [0, 0.1) is 5.92 Å². The van der Waals surface area contributed by atoms with Gasteiger partial charge in [-0.1, -0.05) is 6.92 Å². The van der Waals surface area contributed by atoms with E-state index in [1.165, 1.54) is 4.90 Å². The number of carboxylic acids is 1. The fourth-order valence-corrected chi connectivity index (χ4v) is 2.99. The third-order valence-electron chi connectivity index (χ3n) is 3.84. The highest BCUT2D eigenvalue weighted by molar-refractivity contribution is 5.83. The quantitative estimate of drug-likeness (QED) is 0.709. The molecule has 0 spiro atoms. The summed E-state index contributed by atoms with van der Waals surface area (Å²) in [7, 11) is 0. The summed E-state index contributed by atoms with van der Waals surface area (Å²) in [5.74, 6) is -0.598. The predicted octanol–water partition coefficient (Wildman–Crippen LogP) is 0.356. The van der Waals surface area contributed by atoms with E-state index in [0.717, 1.165) is 6.42 Å². The first-order chi connectivity index (χ1) is 8.40. The number of hydrogen-bond donors (Lipinski definition) is 2. The molecule has 18 heavy (non-hydrogen) atoms. The fraction of sp³-hybridized carbons (Fsp3) is 0.833. The molecule has 2 rings (SSSR count). The summed E-state index contributed by atoms with van der Waals surface area (Å²) in [6.07, 6.45) is 0.337. The van der Waals surface area contributed by atoms with E-state index in [4.69, 9.17) is 5.11 Å². The van der Waals surface area contributed by atoms with Gasteiger partial charge in [-0.15, -0.1) is 0 Å². The number of hydrogen-bond acceptors (Lipinski definition) is 3. The van der Waals surface area contributed by atoms with Crippen molar-refractivity contribution in [2.45, 2.75) is 44.9 Å². The van der Waals surface area contributed by atoms with Gasteiger partial charge in [0.05, 0.1) is 6.10 Å². The minimum absolute atomic E-state index is 0.118. The maximum atomic E-state index is 12.3. The second kappa shape index (κ2) is 4.76. The Bertz CT molecular complexity index is 360. The number of aliphatic hydroxyl groups excluding tert-OH is 1. The van der Waals surface area contributed by atoms with E-state index in [9.17, 15) is 14.7 Å². The van der Waals surface area contributed by atoms with Crippen molar-refractivity contribution in [3.8, 4) is 0 Å². The summed E-state index contributed by atoms with van der Waals surface area (Å²) < 4.78 is 0. The molecule has 6 nitrogen and oxygen atoms in total. The van der Waals surface area contributed by atoms with Crippen molar-refractivity contribution in [3.05, 3.63) is 0 Å². The van der Waals surface area contributed by atoms with Gasteiger partial charge in [0.1, 0.15) is 6.04 Å². The first-order valence-electron chi connectivity index (χ1n) is 6.38. The number of carboxylic acid groups (broad SMARTS) is 1. The van der Waals surface area contributed by atoms with E-state index in [1.807, 2.05) is 6.92 Å². The molecule has 6 heteroatoms. The summed E-state index contributed by atoms with van der Waals surface area (Å²) in [6.45, 7) is 4.84. The number of carbonyl (C=O) groups excluding carboxylic acids is 1. The van der Waals surface area contributed by atoms with Crippen LogP contribution in [0.1, 0.15) is 26.7 Å². The molecule has 0 bridgehead atoms. The highest BCUT2D eigenvalue weighted by Gasteiger charge is 2.42. The number of urea groups is 1. The zero-order valence-corrected chi connectivity index (χ0v) is 10.7. The number of aliphatic hydroxyl groups is 1. The SMILES string of the molecule is CC1CC(C)N(C(=O)N2C[C@H](O)C[C@H]2C(=O)O)C1. The van der Waals surface area contributed by atoms with Crippen molar-refractivity contribution in [2.24, 2.45) is 5.92 Å². The number of aliphatic carboxylic acids is 1. The Morgan fingerprint density at radius 2 is 1.78 bits per heavy atom. The molecule has 4 atom stereocenters.